The van der Waals surface area contributed by atoms with E-state index in [1.54, 1.807) is 0 Å². The van der Waals surface area contributed by atoms with Gasteiger partial charge < -0.3 is 18.0 Å². The van der Waals surface area contributed by atoms with Crippen LogP contribution < -0.4 is 0 Å². The lowest BCUT2D eigenvalue weighted by Gasteiger charge is -2.42. The van der Waals surface area contributed by atoms with Crippen molar-refractivity contribution in [3.63, 3.8) is 0 Å². The Bertz CT molecular complexity index is 409. The first-order chi connectivity index (χ1) is 10.2. The van der Waals surface area contributed by atoms with Crippen LogP contribution in [0.3, 0.4) is 0 Å². The molecule has 0 N–H and O–H groups in total. The second-order valence-corrected chi connectivity index (χ2v) is 22.6. The van der Waals surface area contributed by atoms with E-state index in [0.717, 1.165) is 0 Å². The molecule has 23 heavy (non-hydrogen) atoms. The molecule has 136 valence electrons. The third kappa shape index (κ3) is 8.59. The molecule has 1 saturated heterocycles. The van der Waals surface area contributed by atoms with Crippen LogP contribution in [0.5, 0.6) is 0 Å². The third-order valence-electron chi connectivity index (χ3n) is 3.06. The summed E-state index contributed by atoms with van der Waals surface area (Å²) in [5.41, 5.74) is 0. The zero-order valence-corrected chi connectivity index (χ0v) is 19.2. The summed E-state index contributed by atoms with van der Waals surface area (Å²) in [6, 6.07) is 0. The van der Waals surface area contributed by atoms with Crippen LogP contribution in [-0.2, 0) is 22.8 Å². The predicted octanol–water partition coefficient (Wildman–Crippen LogP) is 3.59. The van der Waals surface area contributed by atoms with Crippen LogP contribution >= 0.6 is 0 Å². The van der Waals surface area contributed by atoms with E-state index >= 15 is 0 Å². The van der Waals surface area contributed by atoms with Crippen LogP contribution in [0.1, 0.15) is 6.42 Å². The van der Waals surface area contributed by atoms with Gasteiger partial charge in [-0.3, -0.25) is 4.79 Å². The Morgan fingerprint density at radius 2 is 1.43 bits per heavy atom. The fraction of sp³-hybridized carbons (Fsp3) is 0.933. The molecule has 1 aliphatic rings. The maximum Gasteiger partial charge on any atom is 0.308 e. The van der Waals surface area contributed by atoms with Gasteiger partial charge in [-0.15, -0.1) is 0 Å². The van der Waals surface area contributed by atoms with Crippen molar-refractivity contribution >= 4 is 30.9 Å². The summed E-state index contributed by atoms with van der Waals surface area (Å²) in [5.74, 6) is -0.215. The molecule has 1 rings (SSSR count). The number of rotatable bonds is 7. The van der Waals surface area contributed by atoms with Gasteiger partial charge in [0.1, 0.15) is 6.10 Å². The minimum Gasteiger partial charge on any atom is -0.457 e. The van der Waals surface area contributed by atoms with Crippen LogP contribution in [0.25, 0.3) is 0 Å². The van der Waals surface area contributed by atoms with E-state index in [-0.39, 0.29) is 30.7 Å². The van der Waals surface area contributed by atoms with Gasteiger partial charge >= 0.3 is 5.97 Å². The van der Waals surface area contributed by atoms with E-state index < -0.39 is 25.0 Å². The number of carbonyl (C=O) groups excluding carboxylic acids is 1. The summed E-state index contributed by atoms with van der Waals surface area (Å²) in [5, 5.41) is 0. The summed E-state index contributed by atoms with van der Waals surface area (Å²) >= 11 is 0. The van der Waals surface area contributed by atoms with Crippen molar-refractivity contribution in [2.45, 2.75) is 83.7 Å². The molecule has 0 radical (unpaired) electrons. The second-order valence-electron chi connectivity index (χ2n) is 9.12. The lowest BCUT2D eigenvalue weighted by molar-refractivity contribution is -0.177. The van der Waals surface area contributed by atoms with Gasteiger partial charge in [0.25, 0.3) is 0 Å². The van der Waals surface area contributed by atoms with Gasteiger partial charge in [-0.05, 0) is 58.9 Å². The summed E-state index contributed by atoms with van der Waals surface area (Å²) < 4.78 is 24.2. The Labute approximate surface area is 144 Å². The molecule has 8 heteroatoms. The molecule has 3 atom stereocenters. The van der Waals surface area contributed by atoms with Gasteiger partial charge in [0.2, 0.25) is 0 Å². The van der Waals surface area contributed by atoms with Gasteiger partial charge in [-0.2, -0.15) is 0 Å². The zero-order chi connectivity index (χ0) is 18.1. The van der Waals surface area contributed by atoms with Gasteiger partial charge in [-0.1, -0.05) is 0 Å². The molecule has 1 heterocycles. The van der Waals surface area contributed by atoms with Crippen molar-refractivity contribution < 1.29 is 22.8 Å². The molecule has 1 fully saturated rings. The van der Waals surface area contributed by atoms with E-state index in [9.17, 15) is 4.79 Å². The molecule has 1 aliphatic heterocycles. The van der Waals surface area contributed by atoms with Crippen LogP contribution in [0.15, 0.2) is 0 Å². The molecule has 0 bridgehead atoms. The van der Waals surface area contributed by atoms with Gasteiger partial charge in [0, 0.05) is 0 Å². The number of carbonyl (C=O) groups is 1. The highest BCUT2D eigenvalue weighted by atomic mass is 28.4. The number of hydrogen-bond acceptors (Lipinski definition) is 5. The molecular weight excluding hydrogens is 344 g/mol. The zero-order valence-electron chi connectivity index (χ0n) is 16.2. The normalized spacial score (nSPS) is 27.0. The number of cyclic esters (lactones) is 1. The van der Waals surface area contributed by atoms with Crippen molar-refractivity contribution in [1.82, 2.24) is 0 Å². The Morgan fingerprint density at radius 1 is 0.913 bits per heavy atom. The topological polar surface area (TPSA) is 54.0 Å². The minimum atomic E-state index is -1.80. The largest absolute Gasteiger partial charge is 0.457 e. The van der Waals surface area contributed by atoms with Crippen molar-refractivity contribution in [3.8, 4) is 0 Å². The highest BCUT2D eigenvalue weighted by Gasteiger charge is 2.44. The van der Waals surface area contributed by atoms with Crippen LogP contribution in [-0.4, -0.2) is 55.8 Å². The van der Waals surface area contributed by atoms with Crippen molar-refractivity contribution in [2.24, 2.45) is 0 Å². The average molecular weight is 379 g/mol. The first-order valence-electron chi connectivity index (χ1n) is 8.35. The summed E-state index contributed by atoms with van der Waals surface area (Å²) in [4.78, 5) is 12.0. The van der Waals surface area contributed by atoms with Gasteiger partial charge in [-0.25, -0.2) is 0 Å². The molecule has 0 saturated carbocycles. The summed E-state index contributed by atoms with van der Waals surface area (Å²) in [6.07, 6.45) is -0.577. The second kappa shape index (κ2) is 7.49. The van der Waals surface area contributed by atoms with Crippen molar-refractivity contribution in [2.75, 3.05) is 6.61 Å². The number of esters is 1. The van der Waals surface area contributed by atoms with Crippen LogP contribution in [0, 0.1) is 0 Å². The third-order valence-corrected chi connectivity index (χ3v) is 6.08. The van der Waals surface area contributed by atoms with E-state index in [4.69, 9.17) is 18.0 Å². The summed E-state index contributed by atoms with van der Waals surface area (Å²) in [7, 11) is -5.27. The summed E-state index contributed by atoms with van der Waals surface area (Å²) in [6.45, 7) is 19.6. The Balaban J connectivity index is 2.95. The van der Waals surface area contributed by atoms with Crippen LogP contribution in [0.2, 0.25) is 58.9 Å². The van der Waals surface area contributed by atoms with E-state index in [1.807, 2.05) is 0 Å². The molecule has 0 aliphatic carbocycles. The molecule has 2 unspecified atom stereocenters. The number of ether oxygens (including phenoxy) is 1. The molecule has 0 amide bonds. The molecule has 0 spiro atoms. The SMILES string of the molecule is C[Si](C)(C)OCC1OC(=O)CC(O[Si](C)(C)C)[C@@H]1O[Si](C)(C)C. The average Bonchev–Trinajstić information content (AvgIpc) is 2.25. The molecule has 0 aromatic carbocycles. The maximum absolute atomic E-state index is 12.0. The molecule has 0 aromatic heterocycles. The van der Waals surface area contributed by atoms with Crippen LogP contribution in [0.4, 0.5) is 0 Å². The van der Waals surface area contributed by atoms with E-state index in [2.05, 4.69) is 58.9 Å². The Morgan fingerprint density at radius 3 is 1.87 bits per heavy atom. The molecule has 0 aromatic rings. The Hall–Kier alpha value is 0.000649. The molecular formula is C15H34O5Si3. The van der Waals surface area contributed by atoms with Crippen molar-refractivity contribution in [3.05, 3.63) is 0 Å². The first kappa shape index (κ1) is 21.0. The van der Waals surface area contributed by atoms with E-state index in [0.29, 0.717) is 6.61 Å². The maximum atomic E-state index is 12.0. The Kier molecular flexibility index (Phi) is 6.85. The lowest BCUT2D eigenvalue weighted by Crippen LogP contribution is -2.57. The fourth-order valence-corrected chi connectivity index (χ4v) is 5.30. The fourth-order valence-electron chi connectivity index (χ4n) is 2.39. The van der Waals surface area contributed by atoms with Crippen molar-refractivity contribution in [1.29, 1.82) is 0 Å². The first-order valence-corrected chi connectivity index (χ1v) is 18.6. The quantitative estimate of drug-likeness (QED) is 0.500. The highest BCUT2D eigenvalue weighted by Crippen LogP contribution is 2.28. The lowest BCUT2D eigenvalue weighted by atomic mass is 10.0. The molecule has 5 nitrogen and oxygen atoms in total. The number of hydrogen-bond donors (Lipinski definition) is 0. The monoisotopic (exact) mass is 378 g/mol. The van der Waals surface area contributed by atoms with Gasteiger partial charge in [0.05, 0.1) is 19.1 Å². The van der Waals surface area contributed by atoms with E-state index in [1.165, 1.54) is 0 Å². The standard InChI is InChI=1S/C15H34O5Si3/c1-21(2,3)17-11-13-15(20-23(7,8)9)12(10-14(16)18-13)19-22(4,5)6/h12-13,15H,10-11H2,1-9H3/t12?,13?,15-/m0/s1. The smallest absolute Gasteiger partial charge is 0.308 e. The predicted molar refractivity (Wildman–Crippen MR) is 100 cm³/mol. The minimum absolute atomic E-state index is 0.215. The van der Waals surface area contributed by atoms with Gasteiger partial charge in [0.15, 0.2) is 31.1 Å². The highest BCUT2D eigenvalue weighted by molar-refractivity contribution is 6.70.